The van der Waals surface area contributed by atoms with Gasteiger partial charge in [-0.25, -0.2) is 9.07 Å². The molecule has 1 aliphatic rings. The van der Waals surface area contributed by atoms with Crippen LogP contribution in [-0.4, -0.2) is 22.9 Å². The molecule has 1 fully saturated rings. The van der Waals surface area contributed by atoms with Gasteiger partial charge in [-0.1, -0.05) is 12.1 Å². The fraction of sp³-hybridized carbons (Fsp3) is 0.438. The summed E-state index contributed by atoms with van der Waals surface area (Å²) in [7, 11) is 3.55. The van der Waals surface area contributed by atoms with Crippen LogP contribution in [0.4, 0.5) is 4.39 Å². The summed E-state index contributed by atoms with van der Waals surface area (Å²) in [6.07, 6.45) is 1.09. The van der Waals surface area contributed by atoms with Crippen LogP contribution in [0.5, 0.6) is 5.88 Å². The molecule has 112 valence electrons. The molecule has 21 heavy (non-hydrogen) atoms. The Labute approximate surface area is 123 Å². The molecule has 0 spiro atoms. The standard InChI is InChI=1S/C16H20FN3O/c1-10-14(16(21-3)20(2)19-10)9-18-15-8-13(15)11-4-6-12(17)7-5-11/h4-7,13,15,18H,8-9H2,1-3H3/t13-,15+/m1/s1. The van der Waals surface area contributed by atoms with E-state index >= 15 is 0 Å². The third-order valence-corrected chi connectivity index (χ3v) is 4.11. The predicted octanol–water partition coefficient (Wildman–Crippen LogP) is 2.52. The molecule has 1 N–H and O–H groups in total. The lowest BCUT2D eigenvalue weighted by Gasteiger charge is -2.07. The fourth-order valence-electron chi connectivity index (χ4n) is 2.87. The molecule has 0 radical (unpaired) electrons. The highest BCUT2D eigenvalue weighted by molar-refractivity contribution is 5.32. The normalized spacial score (nSPS) is 20.6. The number of nitrogens with zero attached hydrogens (tertiary/aromatic N) is 2. The second kappa shape index (κ2) is 5.48. The number of aromatic nitrogens is 2. The van der Waals surface area contributed by atoms with E-state index in [9.17, 15) is 4.39 Å². The minimum absolute atomic E-state index is 0.181. The monoisotopic (exact) mass is 289 g/mol. The summed E-state index contributed by atoms with van der Waals surface area (Å²) in [6.45, 7) is 2.73. The molecule has 1 aliphatic carbocycles. The smallest absolute Gasteiger partial charge is 0.216 e. The zero-order chi connectivity index (χ0) is 15.0. The lowest BCUT2D eigenvalue weighted by molar-refractivity contribution is 0.368. The van der Waals surface area contributed by atoms with E-state index in [2.05, 4.69) is 10.4 Å². The molecule has 0 bridgehead atoms. The highest BCUT2D eigenvalue weighted by Crippen LogP contribution is 2.41. The highest BCUT2D eigenvalue weighted by atomic mass is 19.1. The number of halogens is 1. The van der Waals surface area contributed by atoms with Gasteiger partial charge in [0, 0.05) is 25.6 Å². The summed E-state index contributed by atoms with van der Waals surface area (Å²) in [6, 6.07) is 7.24. The van der Waals surface area contributed by atoms with Gasteiger partial charge >= 0.3 is 0 Å². The molecule has 1 aromatic heterocycles. The van der Waals surface area contributed by atoms with Crippen molar-refractivity contribution in [3.05, 3.63) is 46.9 Å². The molecule has 3 rings (SSSR count). The number of hydrogen-bond donors (Lipinski definition) is 1. The van der Waals surface area contributed by atoms with Crippen molar-refractivity contribution in [1.82, 2.24) is 15.1 Å². The minimum Gasteiger partial charge on any atom is -0.481 e. The summed E-state index contributed by atoms with van der Waals surface area (Å²) < 4.78 is 20.1. The maximum Gasteiger partial charge on any atom is 0.216 e. The Hall–Kier alpha value is -1.88. The number of methoxy groups -OCH3 is 1. The van der Waals surface area contributed by atoms with Crippen molar-refractivity contribution >= 4 is 0 Å². The minimum atomic E-state index is -0.181. The number of benzene rings is 1. The third kappa shape index (κ3) is 2.78. The summed E-state index contributed by atoms with van der Waals surface area (Å²) in [4.78, 5) is 0. The van der Waals surface area contributed by atoms with Gasteiger partial charge in [0.2, 0.25) is 5.88 Å². The summed E-state index contributed by atoms with van der Waals surface area (Å²) in [5.74, 6) is 1.10. The number of ether oxygens (including phenoxy) is 1. The van der Waals surface area contributed by atoms with Crippen molar-refractivity contribution in [2.75, 3.05) is 7.11 Å². The van der Waals surface area contributed by atoms with Crippen molar-refractivity contribution in [2.24, 2.45) is 7.05 Å². The van der Waals surface area contributed by atoms with Crippen LogP contribution in [0.2, 0.25) is 0 Å². The first-order valence-electron chi connectivity index (χ1n) is 7.15. The number of rotatable bonds is 5. The van der Waals surface area contributed by atoms with Crippen LogP contribution in [0.15, 0.2) is 24.3 Å². The SMILES string of the molecule is COc1c(CN[C@H]2C[C@@H]2c2ccc(F)cc2)c(C)nn1C. The van der Waals surface area contributed by atoms with E-state index in [0.717, 1.165) is 30.1 Å². The van der Waals surface area contributed by atoms with Crippen LogP contribution in [0.25, 0.3) is 0 Å². The van der Waals surface area contributed by atoms with E-state index in [4.69, 9.17) is 4.74 Å². The zero-order valence-corrected chi connectivity index (χ0v) is 12.6. The average molecular weight is 289 g/mol. The molecule has 2 aromatic rings. The quantitative estimate of drug-likeness (QED) is 0.919. The van der Waals surface area contributed by atoms with Crippen molar-refractivity contribution in [3.63, 3.8) is 0 Å². The molecular formula is C16H20FN3O. The van der Waals surface area contributed by atoms with Crippen LogP contribution in [-0.2, 0) is 13.6 Å². The first kappa shape index (κ1) is 14.1. The summed E-state index contributed by atoms with van der Waals surface area (Å²) >= 11 is 0. The Morgan fingerprint density at radius 3 is 2.76 bits per heavy atom. The van der Waals surface area contributed by atoms with Crippen LogP contribution < -0.4 is 10.1 Å². The molecule has 1 aromatic carbocycles. The van der Waals surface area contributed by atoms with Gasteiger partial charge in [-0.05, 0) is 31.0 Å². The van der Waals surface area contributed by atoms with Gasteiger partial charge in [-0.2, -0.15) is 5.10 Å². The number of hydrogen-bond acceptors (Lipinski definition) is 3. The molecule has 0 amide bonds. The van der Waals surface area contributed by atoms with Gasteiger partial charge in [0.1, 0.15) is 5.82 Å². The lowest BCUT2D eigenvalue weighted by atomic mass is 10.1. The first-order valence-corrected chi connectivity index (χ1v) is 7.15. The first-order chi connectivity index (χ1) is 10.1. The Balaban J connectivity index is 1.61. The van der Waals surface area contributed by atoms with Crippen LogP contribution >= 0.6 is 0 Å². The van der Waals surface area contributed by atoms with Crippen molar-refractivity contribution < 1.29 is 9.13 Å². The predicted molar refractivity (Wildman–Crippen MR) is 78.9 cm³/mol. The molecule has 4 nitrogen and oxygen atoms in total. The Bertz CT molecular complexity index is 636. The Morgan fingerprint density at radius 1 is 1.38 bits per heavy atom. The fourth-order valence-corrected chi connectivity index (χ4v) is 2.87. The van der Waals surface area contributed by atoms with E-state index in [1.807, 2.05) is 26.1 Å². The molecule has 2 atom stereocenters. The van der Waals surface area contributed by atoms with E-state index in [-0.39, 0.29) is 5.82 Å². The largest absolute Gasteiger partial charge is 0.481 e. The van der Waals surface area contributed by atoms with Crippen molar-refractivity contribution in [3.8, 4) is 5.88 Å². The molecule has 1 heterocycles. The van der Waals surface area contributed by atoms with Gasteiger partial charge in [-0.3, -0.25) is 0 Å². The molecular weight excluding hydrogens is 269 g/mol. The van der Waals surface area contributed by atoms with Gasteiger partial charge in [0.05, 0.1) is 18.4 Å². The Morgan fingerprint density at radius 2 is 2.10 bits per heavy atom. The van der Waals surface area contributed by atoms with E-state index in [1.165, 1.54) is 17.7 Å². The van der Waals surface area contributed by atoms with Crippen LogP contribution in [0.3, 0.4) is 0 Å². The van der Waals surface area contributed by atoms with Crippen LogP contribution in [0, 0.1) is 12.7 Å². The van der Waals surface area contributed by atoms with Crippen molar-refractivity contribution in [2.45, 2.75) is 31.8 Å². The maximum atomic E-state index is 12.9. The topological polar surface area (TPSA) is 39.1 Å². The van der Waals surface area contributed by atoms with Crippen LogP contribution in [0.1, 0.15) is 29.2 Å². The number of nitrogens with one attached hydrogen (secondary N) is 1. The van der Waals surface area contributed by atoms with Gasteiger partial charge in [-0.15, -0.1) is 0 Å². The van der Waals surface area contributed by atoms with Gasteiger partial charge in [0.25, 0.3) is 0 Å². The van der Waals surface area contributed by atoms with E-state index in [0.29, 0.717) is 12.0 Å². The second-order valence-corrected chi connectivity index (χ2v) is 5.58. The molecule has 5 heteroatoms. The lowest BCUT2D eigenvalue weighted by Crippen LogP contribution is -2.18. The molecule has 1 saturated carbocycles. The molecule has 0 saturated heterocycles. The van der Waals surface area contributed by atoms with Crippen molar-refractivity contribution in [1.29, 1.82) is 0 Å². The van der Waals surface area contributed by atoms with Gasteiger partial charge < -0.3 is 10.1 Å². The summed E-state index contributed by atoms with van der Waals surface area (Å²) in [5, 5.41) is 7.91. The number of aryl methyl sites for hydroxylation is 2. The van der Waals surface area contributed by atoms with E-state index < -0.39 is 0 Å². The molecule has 0 unspecified atom stereocenters. The second-order valence-electron chi connectivity index (χ2n) is 5.58. The van der Waals surface area contributed by atoms with Gasteiger partial charge in [0.15, 0.2) is 0 Å². The van der Waals surface area contributed by atoms with E-state index in [1.54, 1.807) is 11.8 Å². The highest BCUT2D eigenvalue weighted by Gasteiger charge is 2.38. The summed E-state index contributed by atoms with van der Waals surface area (Å²) in [5.41, 5.74) is 3.29. The third-order valence-electron chi connectivity index (χ3n) is 4.11. The zero-order valence-electron chi connectivity index (χ0n) is 12.6. The Kier molecular flexibility index (Phi) is 3.68. The molecule has 0 aliphatic heterocycles. The maximum absolute atomic E-state index is 12.9. The average Bonchev–Trinajstić information content (AvgIpc) is 3.17.